The van der Waals surface area contributed by atoms with Crippen LogP contribution in [0.25, 0.3) is 0 Å². The van der Waals surface area contributed by atoms with E-state index in [4.69, 9.17) is 26.8 Å². The average molecular weight is 323 g/mol. The Morgan fingerprint density at radius 2 is 2.15 bits per heavy atom. The number of carbonyl (C=O) groups excluding carboxylic acids is 1. The van der Waals surface area contributed by atoms with Gasteiger partial charge in [0.2, 0.25) is 5.91 Å². The molecule has 3 N–H and O–H groups in total. The van der Waals surface area contributed by atoms with Crippen LogP contribution in [0.3, 0.4) is 0 Å². The maximum atomic E-state index is 11.8. The van der Waals surface area contributed by atoms with Crippen molar-refractivity contribution in [2.24, 2.45) is 11.7 Å². The van der Waals surface area contributed by atoms with Gasteiger partial charge in [0.15, 0.2) is 5.75 Å². The summed E-state index contributed by atoms with van der Waals surface area (Å²) in [6.45, 7) is 2.84. The molecule has 1 amide bonds. The zero-order valence-corrected chi connectivity index (χ0v) is 13.1. The highest BCUT2D eigenvalue weighted by atomic mass is 35.5. The average Bonchev–Trinajstić information content (AvgIpc) is 2.41. The van der Waals surface area contributed by atoms with Gasteiger partial charge in [-0.2, -0.15) is 0 Å². The zero-order chi connectivity index (χ0) is 14.3. The number of anilines is 1. The van der Waals surface area contributed by atoms with Crippen LogP contribution in [-0.4, -0.2) is 32.8 Å². The van der Waals surface area contributed by atoms with Crippen LogP contribution in [0.2, 0.25) is 5.02 Å². The third-order valence-electron chi connectivity index (χ3n) is 2.56. The van der Waals surface area contributed by atoms with Gasteiger partial charge < -0.3 is 20.5 Å². The van der Waals surface area contributed by atoms with Crippen LogP contribution in [0.15, 0.2) is 18.2 Å². The molecule has 0 aliphatic rings. The maximum Gasteiger partial charge on any atom is 0.228 e. The van der Waals surface area contributed by atoms with E-state index in [-0.39, 0.29) is 30.8 Å². The summed E-state index contributed by atoms with van der Waals surface area (Å²) in [4.78, 5) is 11.8. The minimum Gasteiger partial charge on any atom is -0.487 e. The molecule has 0 spiro atoms. The summed E-state index contributed by atoms with van der Waals surface area (Å²) in [5, 5.41) is 3.20. The van der Waals surface area contributed by atoms with E-state index in [0.717, 1.165) is 0 Å². The van der Waals surface area contributed by atoms with Crippen LogP contribution in [0.5, 0.6) is 5.75 Å². The van der Waals surface area contributed by atoms with Crippen LogP contribution in [0, 0.1) is 5.92 Å². The lowest BCUT2D eigenvalue weighted by atomic mass is 10.1. The predicted molar refractivity (Wildman–Crippen MR) is 82.9 cm³/mol. The van der Waals surface area contributed by atoms with Gasteiger partial charge in [-0.3, -0.25) is 4.79 Å². The van der Waals surface area contributed by atoms with Gasteiger partial charge in [-0.15, -0.1) is 12.4 Å². The summed E-state index contributed by atoms with van der Waals surface area (Å²) in [6.07, 6.45) is 0. The van der Waals surface area contributed by atoms with E-state index in [9.17, 15) is 4.79 Å². The van der Waals surface area contributed by atoms with Gasteiger partial charge in [0.05, 0.1) is 17.3 Å². The number of nitrogens with one attached hydrogen (secondary N) is 1. The van der Waals surface area contributed by atoms with Crippen LogP contribution in [0.4, 0.5) is 5.69 Å². The lowest BCUT2D eigenvalue weighted by Gasteiger charge is -2.15. The highest BCUT2D eigenvalue weighted by Gasteiger charge is 2.15. The third kappa shape index (κ3) is 5.54. The fourth-order valence-electron chi connectivity index (χ4n) is 1.34. The molecule has 0 heterocycles. The first-order chi connectivity index (χ1) is 9.10. The lowest BCUT2D eigenvalue weighted by Crippen LogP contribution is -2.27. The molecule has 0 aromatic heterocycles. The fraction of sp³-hybridized carbons (Fsp3) is 0.462. The predicted octanol–water partition coefficient (Wildman–Crippen LogP) is 2.32. The molecule has 114 valence electrons. The molecule has 0 saturated heterocycles. The first-order valence-corrected chi connectivity index (χ1v) is 6.39. The van der Waals surface area contributed by atoms with E-state index < -0.39 is 0 Å². The van der Waals surface area contributed by atoms with Gasteiger partial charge in [0, 0.05) is 19.6 Å². The topological polar surface area (TPSA) is 73.6 Å². The minimum atomic E-state index is -0.272. The van der Waals surface area contributed by atoms with Gasteiger partial charge in [0.1, 0.15) is 6.61 Å². The molecule has 0 bridgehead atoms. The van der Waals surface area contributed by atoms with Crippen molar-refractivity contribution in [1.29, 1.82) is 0 Å². The number of carbonyl (C=O) groups is 1. The van der Waals surface area contributed by atoms with Gasteiger partial charge in [-0.25, -0.2) is 0 Å². The SMILES string of the molecule is COCCOc1c(Cl)cccc1NC(=O)C(C)CN.Cl. The second kappa shape index (κ2) is 9.83. The number of benzene rings is 1. The van der Waals surface area contributed by atoms with Crippen molar-refractivity contribution in [3.8, 4) is 5.75 Å². The normalized spacial score (nSPS) is 11.4. The van der Waals surface area contributed by atoms with Crippen molar-refractivity contribution in [3.05, 3.63) is 23.2 Å². The van der Waals surface area contributed by atoms with Crippen molar-refractivity contribution >= 4 is 35.6 Å². The van der Waals surface area contributed by atoms with Crippen LogP contribution < -0.4 is 15.8 Å². The Hall–Kier alpha value is -1.01. The molecule has 0 aliphatic carbocycles. The molecule has 0 aliphatic heterocycles. The summed E-state index contributed by atoms with van der Waals surface area (Å²) < 4.78 is 10.4. The number of para-hydroxylation sites is 1. The molecular weight excluding hydrogens is 303 g/mol. The highest BCUT2D eigenvalue weighted by Crippen LogP contribution is 2.33. The van der Waals surface area contributed by atoms with Gasteiger partial charge in [-0.1, -0.05) is 24.6 Å². The van der Waals surface area contributed by atoms with Crippen molar-refractivity contribution in [2.75, 3.05) is 32.2 Å². The smallest absolute Gasteiger partial charge is 0.228 e. The number of amides is 1. The monoisotopic (exact) mass is 322 g/mol. The Labute approximate surface area is 130 Å². The number of hydrogen-bond donors (Lipinski definition) is 2. The van der Waals surface area contributed by atoms with E-state index in [2.05, 4.69) is 5.32 Å². The second-order valence-electron chi connectivity index (χ2n) is 4.08. The standard InChI is InChI=1S/C13H19ClN2O3.ClH/c1-9(8-15)13(17)16-11-5-3-4-10(14)12(11)19-7-6-18-2;/h3-5,9H,6-8,15H2,1-2H3,(H,16,17);1H. The van der Waals surface area contributed by atoms with E-state index in [1.54, 1.807) is 32.2 Å². The summed E-state index contributed by atoms with van der Waals surface area (Å²) in [5.74, 6) is 0.00551. The molecule has 5 nitrogen and oxygen atoms in total. The van der Waals surface area contributed by atoms with Gasteiger partial charge >= 0.3 is 0 Å². The molecule has 0 saturated carbocycles. The molecule has 1 aromatic rings. The summed E-state index contributed by atoms with van der Waals surface area (Å²) >= 11 is 6.06. The number of methoxy groups -OCH3 is 1. The molecule has 20 heavy (non-hydrogen) atoms. The van der Waals surface area contributed by atoms with E-state index in [1.807, 2.05) is 0 Å². The quantitative estimate of drug-likeness (QED) is 0.755. The zero-order valence-electron chi connectivity index (χ0n) is 11.5. The molecule has 0 radical (unpaired) electrons. The summed E-state index contributed by atoms with van der Waals surface area (Å²) in [5.41, 5.74) is 5.99. The molecule has 1 aromatic carbocycles. The highest BCUT2D eigenvalue weighted by molar-refractivity contribution is 6.32. The van der Waals surface area contributed by atoms with Crippen LogP contribution in [0.1, 0.15) is 6.92 Å². The van der Waals surface area contributed by atoms with Crippen LogP contribution in [-0.2, 0) is 9.53 Å². The maximum absolute atomic E-state index is 11.8. The van der Waals surface area contributed by atoms with E-state index in [0.29, 0.717) is 29.7 Å². The van der Waals surface area contributed by atoms with E-state index >= 15 is 0 Å². The minimum absolute atomic E-state index is 0. The molecule has 1 unspecified atom stereocenters. The third-order valence-corrected chi connectivity index (χ3v) is 2.86. The molecular formula is C13H20Cl2N2O3. The van der Waals surface area contributed by atoms with Crippen LogP contribution >= 0.6 is 24.0 Å². The number of ether oxygens (including phenoxy) is 2. The molecule has 7 heteroatoms. The Kier molecular flexibility index (Phi) is 9.33. The molecule has 1 atom stereocenters. The molecule has 0 fully saturated rings. The van der Waals surface area contributed by atoms with Crippen molar-refractivity contribution in [2.45, 2.75) is 6.92 Å². The Morgan fingerprint density at radius 1 is 1.45 bits per heavy atom. The first kappa shape index (κ1) is 19.0. The van der Waals surface area contributed by atoms with Crippen molar-refractivity contribution in [3.63, 3.8) is 0 Å². The first-order valence-electron chi connectivity index (χ1n) is 6.01. The van der Waals surface area contributed by atoms with Gasteiger partial charge in [-0.05, 0) is 12.1 Å². The number of nitrogens with two attached hydrogens (primary N) is 1. The van der Waals surface area contributed by atoms with Crippen molar-refractivity contribution in [1.82, 2.24) is 0 Å². The summed E-state index contributed by atoms with van der Waals surface area (Å²) in [6, 6.07) is 5.18. The molecule has 1 rings (SSSR count). The van der Waals surface area contributed by atoms with E-state index in [1.165, 1.54) is 0 Å². The Bertz CT molecular complexity index is 430. The fourth-order valence-corrected chi connectivity index (χ4v) is 1.57. The Morgan fingerprint density at radius 3 is 2.75 bits per heavy atom. The van der Waals surface area contributed by atoms with Gasteiger partial charge in [0.25, 0.3) is 0 Å². The number of hydrogen-bond acceptors (Lipinski definition) is 4. The largest absolute Gasteiger partial charge is 0.487 e. The lowest BCUT2D eigenvalue weighted by molar-refractivity contribution is -0.119. The summed E-state index contributed by atoms with van der Waals surface area (Å²) in [7, 11) is 1.58. The number of rotatable bonds is 7. The number of halogens is 2. The second-order valence-corrected chi connectivity index (χ2v) is 4.49. The van der Waals surface area contributed by atoms with Crippen molar-refractivity contribution < 1.29 is 14.3 Å². The Balaban J connectivity index is 0.00000361.